The van der Waals surface area contributed by atoms with Crippen LogP contribution in [0.4, 0.5) is 0 Å². The Morgan fingerprint density at radius 2 is 2.26 bits per heavy atom. The molecule has 19 heavy (non-hydrogen) atoms. The summed E-state index contributed by atoms with van der Waals surface area (Å²) >= 11 is 3.59. The second kappa shape index (κ2) is 5.63. The molecule has 4 heteroatoms. The van der Waals surface area contributed by atoms with E-state index >= 15 is 0 Å². The average molecular weight is 323 g/mol. The van der Waals surface area contributed by atoms with E-state index in [1.54, 1.807) is 0 Å². The highest BCUT2D eigenvalue weighted by molar-refractivity contribution is 9.10. The number of carbonyl (C=O) groups excluding carboxylic acids is 1. The second-order valence-corrected chi connectivity index (χ2v) is 6.37. The first-order valence-corrected chi connectivity index (χ1v) is 7.78. The van der Waals surface area contributed by atoms with Crippen LogP contribution in [-0.2, 0) is 17.8 Å². The number of nitrogens with zero attached hydrogens (tertiary/aromatic N) is 1. The molecular formula is C15H19BrN2O. The Kier molecular flexibility index (Phi) is 3.89. The van der Waals surface area contributed by atoms with E-state index in [4.69, 9.17) is 0 Å². The minimum atomic E-state index is 0.224. The standard InChI is InChI=1S/C15H19BrN2O/c16-14-3-1-2-12-6-7-18(10-13(12)14)15(19)9-17-8-11-4-5-11/h1-3,11,17H,4-10H2. The van der Waals surface area contributed by atoms with Gasteiger partial charge in [0.2, 0.25) is 5.91 Å². The molecule has 0 aromatic heterocycles. The predicted octanol–water partition coefficient (Wildman–Crippen LogP) is 2.33. The summed E-state index contributed by atoms with van der Waals surface area (Å²) in [7, 11) is 0. The molecule has 102 valence electrons. The number of nitrogens with one attached hydrogen (secondary N) is 1. The highest BCUT2D eigenvalue weighted by Crippen LogP contribution is 2.28. The summed E-state index contributed by atoms with van der Waals surface area (Å²) in [5.74, 6) is 1.05. The van der Waals surface area contributed by atoms with Gasteiger partial charge in [0.1, 0.15) is 0 Å². The van der Waals surface area contributed by atoms with Crippen molar-refractivity contribution in [3.63, 3.8) is 0 Å². The third kappa shape index (κ3) is 3.18. The van der Waals surface area contributed by atoms with Crippen LogP contribution in [0.3, 0.4) is 0 Å². The van der Waals surface area contributed by atoms with Crippen LogP contribution in [0.25, 0.3) is 0 Å². The Labute approximate surface area is 122 Å². The lowest BCUT2D eigenvalue weighted by Crippen LogP contribution is -2.41. The first-order valence-electron chi connectivity index (χ1n) is 6.99. The van der Waals surface area contributed by atoms with Gasteiger partial charge >= 0.3 is 0 Å². The van der Waals surface area contributed by atoms with E-state index in [0.29, 0.717) is 6.54 Å². The number of benzene rings is 1. The summed E-state index contributed by atoms with van der Waals surface area (Å²) in [6.07, 6.45) is 3.61. The van der Waals surface area contributed by atoms with Crippen molar-refractivity contribution in [3.05, 3.63) is 33.8 Å². The van der Waals surface area contributed by atoms with Gasteiger partial charge < -0.3 is 10.2 Å². The monoisotopic (exact) mass is 322 g/mol. The first-order chi connectivity index (χ1) is 9.24. The van der Waals surface area contributed by atoms with Crippen LogP contribution in [0.15, 0.2) is 22.7 Å². The maximum absolute atomic E-state index is 12.2. The molecule has 1 aliphatic carbocycles. The number of hydrogen-bond donors (Lipinski definition) is 1. The van der Waals surface area contributed by atoms with Gasteiger partial charge in [-0.25, -0.2) is 0 Å². The van der Waals surface area contributed by atoms with Crippen molar-refractivity contribution in [1.82, 2.24) is 10.2 Å². The molecule has 0 unspecified atom stereocenters. The summed E-state index contributed by atoms with van der Waals surface area (Å²) in [5, 5.41) is 3.28. The molecule has 3 rings (SSSR count). The largest absolute Gasteiger partial charge is 0.337 e. The topological polar surface area (TPSA) is 32.3 Å². The van der Waals surface area contributed by atoms with Gasteiger partial charge in [-0.15, -0.1) is 0 Å². The molecule has 1 N–H and O–H groups in total. The van der Waals surface area contributed by atoms with Gasteiger partial charge in [-0.1, -0.05) is 28.1 Å². The molecule has 1 fully saturated rings. The van der Waals surface area contributed by atoms with E-state index in [1.165, 1.54) is 24.0 Å². The molecule has 1 heterocycles. The molecule has 0 saturated heterocycles. The summed E-state index contributed by atoms with van der Waals surface area (Å²) in [4.78, 5) is 14.1. The fraction of sp³-hybridized carbons (Fsp3) is 0.533. The lowest BCUT2D eigenvalue weighted by atomic mass is 10.00. The van der Waals surface area contributed by atoms with Gasteiger partial charge in [-0.05, 0) is 48.9 Å². The summed E-state index contributed by atoms with van der Waals surface area (Å²) in [6, 6.07) is 6.28. The highest BCUT2D eigenvalue weighted by Gasteiger charge is 2.23. The van der Waals surface area contributed by atoms with Crippen LogP contribution in [0, 0.1) is 5.92 Å². The van der Waals surface area contributed by atoms with E-state index in [0.717, 1.165) is 36.4 Å². The Bertz CT molecular complexity index is 485. The quantitative estimate of drug-likeness (QED) is 0.922. The van der Waals surface area contributed by atoms with E-state index in [1.807, 2.05) is 4.90 Å². The maximum Gasteiger partial charge on any atom is 0.236 e. The van der Waals surface area contributed by atoms with Crippen LogP contribution in [0.5, 0.6) is 0 Å². The van der Waals surface area contributed by atoms with Gasteiger partial charge in [0.15, 0.2) is 0 Å². The third-order valence-corrected chi connectivity index (χ3v) is 4.72. The number of fused-ring (bicyclic) bond motifs is 1. The van der Waals surface area contributed by atoms with Gasteiger partial charge in [0.05, 0.1) is 6.54 Å². The molecule has 0 atom stereocenters. The van der Waals surface area contributed by atoms with Crippen molar-refractivity contribution in [1.29, 1.82) is 0 Å². The lowest BCUT2D eigenvalue weighted by Gasteiger charge is -2.29. The van der Waals surface area contributed by atoms with Crippen molar-refractivity contribution in [2.45, 2.75) is 25.8 Å². The maximum atomic E-state index is 12.2. The SMILES string of the molecule is O=C(CNCC1CC1)N1CCc2cccc(Br)c2C1. The molecule has 1 aliphatic heterocycles. The highest BCUT2D eigenvalue weighted by atomic mass is 79.9. The molecule has 1 aromatic rings. The zero-order valence-electron chi connectivity index (χ0n) is 11.0. The van der Waals surface area contributed by atoms with Crippen LogP contribution >= 0.6 is 15.9 Å². The van der Waals surface area contributed by atoms with E-state index in [9.17, 15) is 4.79 Å². The lowest BCUT2D eigenvalue weighted by molar-refractivity contribution is -0.131. The molecule has 1 aromatic carbocycles. The number of hydrogen-bond acceptors (Lipinski definition) is 2. The molecule has 3 nitrogen and oxygen atoms in total. The van der Waals surface area contributed by atoms with E-state index < -0.39 is 0 Å². The first kappa shape index (κ1) is 13.1. The fourth-order valence-electron chi connectivity index (χ4n) is 2.57. The van der Waals surface area contributed by atoms with Crippen molar-refractivity contribution < 1.29 is 4.79 Å². The average Bonchev–Trinajstić information content (AvgIpc) is 3.23. The van der Waals surface area contributed by atoms with Crippen LogP contribution in [-0.4, -0.2) is 30.4 Å². The number of halogens is 1. The van der Waals surface area contributed by atoms with E-state index in [2.05, 4.69) is 39.4 Å². The van der Waals surface area contributed by atoms with Crippen molar-refractivity contribution in [2.24, 2.45) is 5.92 Å². The third-order valence-electron chi connectivity index (χ3n) is 3.97. The zero-order valence-corrected chi connectivity index (χ0v) is 12.6. The normalized spacial score (nSPS) is 18.3. The number of amides is 1. The molecule has 0 radical (unpaired) electrons. The molecule has 1 saturated carbocycles. The Hall–Kier alpha value is -0.870. The minimum Gasteiger partial charge on any atom is -0.337 e. The van der Waals surface area contributed by atoms with Crippen molar-refractivity contribution in [3.8, 4) is 0 Å². The van der Waals surface area contributed by atoms with Crippen LogP contribution in [0.2, 0.25) is 0 Å². The molecular weight excluding hydrogens is 304 g/mol. The molecule has 0 bridgehead atoms. The smallest absolute Gasteiger partial charge is 0.236 e. The fourth-order valence-corrected chi connectivity index (χ4v) is 3.10. The van der Waals surface area contributed by atoms with Crippen LogP contribution < -0.4 is 5.32 Å². The van der Waals surface area contributed by atoms with Gasteiger partial charge in [0.25, 0.3) is 0 Å². The molecule has 0 spiro atoms. The predicted molar refractivity (Wildman–Crippen MR) is 78.9 cm³/mol. The van der Waals surface area contributed by atoms with Gasteiger partial charge in [-0.3, -0.25) is 4.79 Å². The molecule has 1 amide bonds. The van der Waals surface area contributed by atoms with Crippen molar-refractivity contribution in [2.75, 3.05) is 19.6 Å². The zero-order chi connectivity index (χ0) is 13.2. The summed E-state index contributed by atoms with van der Waals surface area (Å²) in [5.41, 5.74) is 2.63. The van der Waals surface area contributed by atoms with Gasteiger partial charge in [0, 0.05) is 17.6 Å². The Morgan fingerprint density at radius 3 is 3.05 bits per heavy atom. The van der Waals surface area contributed by atoms with Crippen LogP contribution in [0.1, 0.15) is 24.0 Å². The van der Waals surface area contributed by atoms with Crippen molar-refractivity contribution >= 4 is 21.8 Å². The summed E-state index contributed by atoms with van der Waals surface area (Å²) in [6.45, 7) is 3.06. The minimum absolute atomic E-state index is 0.224. The number of rotatable bonds is 4. The molecule has 2 aliphatic rings. The van der Waals surface area contributed by atoms with E-state index in [-0.39, 0.29) is 5.91 Å². The Balaban J connectivity index is 1.57. The van der Waals surface area contributed by atoms with Gasteiger partial charge in [-0.2, -0.15) is 0 Å². The Morgan fingerprint density at radius 1 is 1.42 bits per heavy atom. The number of carbonyl (C=O) groups is 1. The second-order valence-electron chi connectivity index (χ2n) is 5.52. The summed E-state index contributed by atoms with van der Waals surface area (Å²) < 4.78 is 1.12.